The molecule has 1 amide bonds. The molecule has 38 heavy (non-hydrogen) atoms. The molecule has 0 saturated carbocycles. The van der Waals surface area contributed by atoms with E-state index in [1.807, 2.05) is 56.3 Å². The topological polar surface area (TPSA) is 110 Å². The summed E-state index contributed by atoms with van der Waals surface area (Å²) in [6, 6.07) is 5.98. The maximum atomic E-state index is 11.6. The van der Waals surface area contributed by atoms with E-state index in [-0.39, 0.29) is 18.7 Å². The lowest BCUT2D eigenvalue weighted by Crippen LogP contribution is -2.38. The number of rotatable bonds is 8. The van der Waals surface area contributed by atoms with Gasteiger partial charge >= 0.3 is 0 Å². The summed E-state index contributed by atoms with van der Waals surface area (Å²) in [6.45, 7) is 4.15. The van der Waals surface area contributed by atoms with Gasteiger partial charge in [-0.25, -0.2) is 4.68 Å². The molecule has 1 aliphatic heterocycles. The largest absolute Gasteiger partial charge is 0.434 e. The van der Waals surface area contributed by atoms with Crippen LogP contribution in [0.3, 0.4) is 0 Å². The molecule has 3 aromatic heterocycles. The number of carbonyl (C=O) groups excluding carboxylic acids is 1. The van der Waals surface area contributed by atoms with Gasteiger partial charge in [0.1, 0.15) is 5.69 Å². The van der Waals surface area contributed by atoms with Crippen molar-refractivity contribution in [3.8, 4) is 35.2 Å². The second-order valence-corrected chi connectivity index (χ2v) is 9.41. The molecule has 0 aliphatic carbocycles. The molecule has 198 valence electrons. The number of terminal acetylenes is 1. The summed E-state index contributed by atoms with van der Waals surface area (Å²) in [7, 11) is 3.62. The molecule has 0 radical (unpaired) electrons. The zero-order valence-corrected chi connectivity index (χ0v) is 22.0. The third kappa shape index (κ3) is 5.21. The molecule has 11 nitrogen and oxygen atoms in total. The van der Waals surface area contributed by atoms with Crippen molar-refractivity contribution in [2.75, 3.05) is 13.2 Å². The summed E-state index contributed by atoms with van der Waals surface area (Å²) in [6.07, 6.45) is 11.6. The molecule has 1 aliphatic rings. The van der Waals surface area contributed by atoms with E-state index < -0.39 is 6.29 Å². The molecule has 2 atom stereocenters. The fourth-order valence-corrected chi connectivity index (χ4v) is 4.59. The molecule has 4 aromatic rings. The average molecular weight is 518 g/mol. The summed E-state index contributed by atoms with van der Waals surface area (Å²) >= 11 is 0. The highest BCUT2D eigenvalue weighted by Crippen LogP contribution is 2.34. The first kappa shape index (κ1) is 25.4. The van der Waals surface area contributed by atoms with Crippen LogP contribution < -0.4 is 14.8 Å². The second kappa shape index (κ2) is 10.6. The Morgan fingerprint density at radius 1 is 1.18 bits per heavy atom. The number of nitrogens with one attached hydrogen (secondary N) is 1. The fraction of sp³-hybridized carbons (Fsp3) is 0.407. The quantitative estimate of drug-likeness (QED) is 0.283. The molecule has 5 rings (SSSR count). The molecule has 0 bridgehead atoms. The van der Waals surface area contributed by atoms with Crippen LogP contribution in [0.15, 0.2) is 30.6 Å². The van der Waals surface area contributed by atoms with Gasteiger partial charge in [-0.15, -0.1) is 16.6 Å². The summed E-state index contributed by atoms with van der Waals surface area (Å²) < 4.78 is 23.4. The van der Waals surface area contributed by atoms with E-state index in [2.05, 4.69) is 26.5 Å². The number of aromatic nitrogens is 6. The molecular formula is C27H31N7O4. The van der Waals surface area contributed by atoms with Crippen molar-refractivity contribution in [1.82, 2.24) is 34.7 Å². The highest BCUT2D eigenvalue weighted by atomic mass is 16.7. The number of aryl methyl sites for hydroxylation is 3. The first-order valence-corrected chi connectivity index (χ1v) is 12.5. The van der Waals surface area contributed by atoms with Crippen LogP contribution in [0.4, 0.5) is 0 Å². The van der Waals surface area contributed by atoms with Crippen molar-refractivity contribution in [3.05, 3.63) is 41.9 Å². The zero-order valence-electron chi connectivity index (χ0n) is 22.0. The van der Waals surface area contributed by atoms with Crippen LogP contribution in [-0.2, 0) is 23.6 Å². The molecule has 1 saturated heterocycles. The number of carbonyl (C=O) groups is 1. The van der Waals surface area contributed by atoms with Gasteiger partial charge in [0.2, 0.25) is 17.7 Å². The third-order valence-corrected chi connectivity index (χ3v) is 6.35. The van der Waals surface area contributed by atoms with Crippen molar-refractivity contribution in [1.29, 1.82) is 0 Å². The standard InChI is InChI=1S/C27H31N7O4/c1-6-22-20-13-19(10-11-23(20)34(29-22)24-9-7-8-12-36-24)21-16-33(5)31-27(21)38-25(14-28-18(3)35)37-26-17(2)15-32(4)30-26/h1,10-11,13,15-16,24-25H,7-9,12,14H2,2-5H3,(H,28,35). The van der Waals surface area contributed by atoms with Gasteiger partial charge in [0.15, 0.2) is 6.23 Å². The second-order valence-electron chi connectivity index (χ2n) is 9.41. The van der Waals surface area contributed by atoms with E-state index in [9.17, 15) is 4.79 Å². The van der Waals surface area contributed by atoms with Crippen LogP contribution in [0, 0.1) is 19.3 Å². The van der Waals surface area contributed by atoms with E-state index in [4.69, 9.17) is 20.6 Å². The van der Waals surface area contributed by atoms with Crippen molar-refractivity contribution >= 4 is 16.8 Å². The molecule has 1 aromatic carbocycles. The number of hydrogen-bond acceptors (Lipinski definition) is 7. The zero-order chi connectivity index (χ0) is 26.8. The molecule has 0 spiro atoms. The van der Waals surface area contributed by atoms with Gasteiger partial charge in [0.05, 0.1) is 17.6 Å². The molecule has 11 heteroatoms. The van der Waals surface area contributed by atoms with E-state index in [0.29, 0.717) is 24.1 Å². The minimum absolute atomic E-state index is 0.107. The number of ether oxygens (including phenoxy) is 3. The van der Waals surface area contributed by atoms with Gasteiger partial charge < -0.3 is 19.5 Å². The molecular weight excluding hydrogens is 486 g/mol. The van der Waals surface area contributed by atoms with Crippen molar-refractivity contribution in [2.45, 2.75) is 45.6 Å². The van der Waals surface area contributed by atoms with Crippen LogP contribution in [0.1, 0.15) is 43.7 Å². The predicted octanol–water partition coefficient (Wildman–Crippen LogP) is 3.08. The highest BCUT2D eigenvalue weighted by molar-refractivity contribution is 5.89. The van der Waals surface area contributed by atoms with Crippen LogP contribution in [0.2, 0.25) is 0 Å². The number of fused-ring (bicyclic) bond motifs is 1. The minimum Gasteiger partial charge on any atom is -0.434 e. The Morgan fingerprint density at radius 2 is 1.95 bits per heavy atom. The minimum atomic E-state index is -0.864. The van der Waals surface area contributed by atoms with Crippen LogP contribution in [0.5, 0.6) is 11.8 Å². The van der Waals surface area contributed by atoms with Crippen molar-refractivity contribution < 1.29 is 19.0 Å². The molecule has 1 N–H and O–H groups in total. The van der Waals surface area contributed by atoms with Gasteiger partial charge in [-0.3, -0.25) is 14.2 Å². The van der Waals surface area contributed by atoms with Gasteiger partial charge in [-0.05, 0) is 49.8 Å². The van der Waals surface area contributed by atoms with E-state index in [1.165, 1.54) is 6.92 Å². The Labute approximate surface area is 220 Å². The van der Waals surface area contributed by atoms with Gasteiger partial charge in [0.25, 0.3) is 6.29 Å². The molecule has 4 heterocycles. The average Bonchev–Trinajstić information content (AvgIpc) is 3.56. The number of nitrogens with zero attached hydrogens (tertiary/aromatic N) is 6. The van der Waals surface area contributed by atoms with Gasteiger partial charge in [-0.2, -0.15) is 5.10 Å². The summed E-state index contributed by atoms with van der Waals surface area (Å²) in [4.78, 5) is 11.6. The Kier molecular flexibility index (Phi) is 7.07. The lowest BCUT2D eigenvalue weighted by molar-refractivity contribution is -0.120. The van der Waals surface area contributed by atoms with Crippen LogP contribution >= 0.6 is 0 Å². The Morgan fingerprint density at radius 3 is 2.63 bits per heavy atom. The Balaban J connectivity index is 1.48. The van der Waals surface area contributed by atoms with Gasteiger partial charge in [0, 0.05) is 51.0 Å². The lowest BCUT2D eigenvalue weighted by atomic mass is 10.1. The van der Waals surface area contributed by atoms with Crippen molar-refractivity contribution in [2.24, 2.45) is 14.1 Å². The number of amides is 1. The highest BCUT2D eigenvalue weighted by Gasteiger charge is 2.24. The third-order valence-electron chi connectivity index (χ3n) is 6.35. The SMILES string of the molecule is C#Cc1nn(C2CCCCO2)c2ccc(-c3cn(C)nc3OC(CNC(C)=O)Oc3nn(C)cc3C)cc12. The Bertz CT molecular complexity index is 1500. The summed E-state index contributed by atoms with van der Waals surface area (Å²) in [5.74, 6) is 3.27. The normalized spacial score (nSPS) is 16.2. The van der Waals surface area contributed by atoms with Crippen LogP contribution in [0.25, 0.3) is 22.0 Å². The molecule has 1 fully saturated rings. The van der Waals surface area contributed by atoms with Crippen molar-refractivity contribution in [3.63, 3.8) is 0 Å². The monoisotopic (exact) mass is 517 g/mol. The first-order chi connectivity index (χ1) is 18.3. The smallest absolute Gasteiger partial charge is 0.261 e. The van der Waals surface area contributed by atoms with E-state index >= 15 is 0 Å². The lowest BCUT2D eigenvalue weighted by Gasteiger charge is -2.23. The maximum Gasteiger partial charge on any atom is 0.261 e. The number of hydrogen-bond donors (Lipinski definition) is 1. The van der Waals surface area contributed by atoms with Crippen LogP contribution in [-0.4, -0.2) is 54.7 Å². The maximum absolute atomic E-state index is 11.6. The van der Waals surface area contributed by atoms with E-state index in [1.54, 1.807) is 9.36 Å². The summed E-state index contributed by atoms with van der Waals surface area (Å²) in [5.41, 5.74) is 3.91. The van der Waals surface area contributed by atoms with E-state index in [0.717, 1.165) is 46.9 Å². The Hall–Kier alpha value is -4.30. The summed E-state index contributed by atoms with van der Waals surface area (Å²) in [5, 5.41) is 17.1. The predicted molar refractivity (Wildman–Crippen MR) is 140 cm³/mol. The number of benzene rings is 1. The van der Waals surface area contributed by atoms with Gasteiger partial charge in [-0.1, -0.05) is 6.07 Å². The molecule has 2 unspecified atom stereocenters. The fourth-order valence-electron chi connectivity index (χ4n) is 4.59. The first-order valence-electron chi connectivity index (χ1n) is 12.5.